The van der Waals surface area contributed by atoms with Gasteiger partial charge >= 0.3 is 10.4 Å². The molecule has 0 fully saturated rings. The third-order valence-electron chi connectivity index (χ3n) is 0.775. The first-order valence-electron chi connectivity index (χ1n) is 3.25. The van der Waals surface area contributed by atoms with E-state index < -0.39 is 10.4 Å². The molecule has 0 saturated heterocycles. The Hall–Kier alpha value is -1.12. The zero-order valence-electron chi connectivity index (χ0n) is 6.84. The molecule has 3 N–H and O–H groups in total. The maximum absolute atomic E-state index is 8.74. The van der Waals surface area contributed by atoms with Crippen molar-refractivity contribution in [2.45, 2.75) is 6.92 Å². The first kappa shape index (κ1) is 11.9. The van der Waals surface area contributed by atoms with Crippen molar-refractivity contribution in [2.75, 3.05) is 6.61 Å². The fourth-order valence-corrected chi connectivity index (χ4v) is 0.479. The Kier molecular flexibility index (Phi) is 5.04. The van der Waals surface area contributed by atoms with E-state index in [0.717, 1.165) is 5.88 Å². The normalized spacial score (nSPS) is 10.1. The lowest BCUT2D eigenvalue weighted by molar-refractivity contribution is 0.326. The SMILES string of the molecule is CCOc1ccn[nH]1.O=S(=O)(O)O. The summed E-state index contributed by atoms with van der Waals surface area (Å²) in [6.07, 6.45) is 1.66. The van der Waals surface area contributed by atoms with Gasteiger partial charge in [-0.05, 0) is 6.92 Å². The van der Waals surface area contributed by atoms with Crippen LogP contribution in [0.2, 0.25) is 0 Å². The minimum atomic E-state index is -4.67. The zero-order valence-corrected chi connectivity index (χ0v) is 7.65. The third-order valence-corrected chi connectivity index (χ3v) is 0.775. The molecular weight excluding hydrogens is 200 g/mol. The van der Waals surface area contributed by atoms with Crippen molar-refractivity contribution in [1.29, 1.82) is 0 Å². The molecule has 0 spiro atoms. The summed E-state index contributed by atoms with van der Waals surface area (Å²) in [5.41, 5.74) is 0. The average molecular weight is 210 g/mol. The highest BCUT2D eigenvalue weighted by Crippen LogP contribution is 1.99. The first-order valence-corrected chi connectivity index (χ1v) is 4.65. The van der Waals surface area contributed by atoms with E-state index in [4.69, 9.17) is 22.3 Å². The third kappa shape index (κ3) is 10.9. The fraction of sp³-hybridized carbons (Fsp3) is 0.400. The van der Waals surface area contributed by atoms with Crippen LogP contribution in [-0.4, -0.2) is 34.3 Å². The summed E-state index contributed by atoms with van der Waals surface area (Å²) < 4.78 is 36.6. The largest absolute Gasteiger partial charge is 0.478 e. The van der Waals surface area contributed by atoms with Crippen LogP contribution >= 0.6 is 0 Å². The number of nitrogens with one attached hydrogen (secondary N) is 1. The Labute approximate surface area is 75.3 Å². The molecule has 0 atom stereocenters. The van der Waals surface area contributed by atoms with E-state index in [1.165, 1.54) is 0 Å². The van der Waals surface area contributed by atoms with Gasteiger partial charge in [0.25, 0.3) is 0 Å². The molecule has 13 heavy (non-hydrogen) atoms. The summed E-state index contributed by atoms with van der Waals surface area (Å²) in [4.78, 5) is 0. The van der Waals surface area contributed by atoms with Gasteiger partial charge in [-0.2, -0.15) is 13.5 Å². The molecule has 7 nitrogen and oxygen atoms in total. The number of ether oxygens (including phenoxy) is 1. The molecule has 1 rings (SSSR count). The molecule has 0 saturated carbocycles. The Morgan fingerprint density at radius 1 is 1.62 bits per heavy atom. The van der Waals surface area contributed by atoms with Gasteiger partial charge in [-0.3, -0.25) is 9.11 Å². The van der Waals surface area contributed by atoms with Crippen molar-refractivity contribution in [2.24, 2.45) is 0 Å². The van der Waals surface area contributed by atoms with Crippen molar-refractivity contribution < 1.29 is 22.3 Å². The molecule has 0 aromatic carbocycles. The Balaban J connectivity index is 0.000000252. The molecule has 1 aromatic heterocycles. The quantitative estimate of drug-likeness (QED) is 0.599. The molecule has 0 radical (unpaired) electrons. The minimum Gasteiger partial charge on any atom is -0.478 e. The number of rotatable bonds is 2. The van der Waals surface area contributed by atoms with E-state index >= 15 is 0 Å². The lowest BCUT2D eigenvalue weighted by atomic mass is 10.7. The van der Waals surface area contributed by atoms with Crippen LogP contribution in [0.1, 0.15) is 6.92 Å². The van der Waals surface area contributed by atoms with Crippen LogP contribution in [0.3, 0.4) is 0 Å². The van der Waals surface area contributed by atoms with Crippen molar-refractivity contribution >= 4 is 10.4 Å². The molecule has 1 heterocycles. The number of aromatic nitrogens is 2. The summed E-state index contributed by atoms with van der Waals surface area (Å²) in [7, 11) is -4.67. The van der Waals surface area contributed by atoms with E-state index in [9.17, 15) is 0 Å². The highest BCUT2D eigenvalue weighted by Gasteiger charge is 1.86. The molecule has 0 aliphatic heterocycles. The van der Waals surface area contributed by atoms with Crippen molar-refractivity contribution in [3.05, 3.63) is 12.3 Å². The predicted molar refractivity (Wildman–Crippen MR) is 43.9 cm³/mol. The molecule has 1 aromatic rings. The van der Waals surface area contributed by atoms with Crippen LogP contribution in [0.4, 0.5) is 0 Å². The topological polar surface area (TPSA) is 113 Å². The van der Waals surface area contributed by atoms with Crippen LogP contribution in [0.5, 0.6) is 5.88 Å². The lowest BCUT2D eigenvalue weighted by Gasteiger charge is -1.93. The maximum atomic E-state index is 8.74. The Morgan fingerprint density at radius 3 is 2.46 bits per heavy atom. The molecular formula is C5H10N2O5S. The fourth-order valence-electron chi connectivity index (χ4n) is 0.479. The van der Waals surface area contributed by atoms with Gasteiger partial charge < -0.3 is 4.74 Å². The Bertz CT molecular complexity index is 298. The first-order chi connectivity index (χ1) is 5.93. The maximum Gasteiger partial charge on any atom is 0.394 e. The second kappa shape index (κ2) is 5.51. The number of hydrogen-bond acceptors (Lipinski definition) is 4. The summed E-state index contributed by atoms with van der Waals surface area (Å²) in [5, 5.41) is 6.36. The summed E-state index contributed by atoms with van der Waals surface area (Å²) in [6.45, 7) is 2.61. The number of H-pyrrole nitrogens is 1. The summed E-state index contributed by atoms with van der Waals surface area (Å²) in [6, 6.07) is 1.78. The van der Waals surface area contributed by atoms with Crippen LogP contribution in [0.25, 0.3) is 0 Å². The van der Waals surface area contributed by atoms with Gasteiger partial charge in [0.05, 0.1) is 12.8 Å². The van der Waals surface area contributed by atoms with Crippen LogP contribution in [-0.2, 0) is 10.4 Å². The standard InChI is InChI=1S/C5H8N2O.H2O4S/c1-2-8-5-3-4-6-7-5;1-5(2,3)4/h3-4H,2H2,1H3,(H,6,7);(H2,1,2,3,4). The molecule has 0 aliphatic rings. The predicted octanol–water partition coefficient (Wildman–Crippen LogP) is 0.156. The van der Waals surface area contributed by atoms with E-state index in [1.807, 2.05) is 6.92 Å². The molecule has 0 aliphatic carbocycles. The van der Waals surface area contributed by atoms with Gasteiger partial charge in [0.2, 0.25) is 5.88 Å². The Morgan fingerprint density at radius 2 is 2.15 bits per heavy atom. The van der Waals surface area contributed by atoms with Gasteiger partial charge in [0.15, 0.2) is 0 Å². The number of nitrogens with zero attached hydrogens (tertiary/aromatic N) is 1. The lowest BCUT2D eigenvalue weighted by Crippen LogP contribution is -1.90. The van der Waals surface area contributed by atoms with Crippen molar-refractivity contribution in [1.82, 2.24) is 10.2 Å². The van der Waals surface area contributed by atoms with E-state index in [1.54, 1.807) is 12.3 Å². The minimum absolute atomic E-state index is 0.683. The number of hydrogen-bond donors (Lipinski definition) is 3. The molecule has 0 bridgehead atoms. The van der Waals surface area contributed by atoms with Crippen molar-refractivity contribution in [3.8, 4) is 5.88 Å². The van der Waals surface area contributed by atoms with Gasteiger partial charge in [0.1, 0.15) is 0 Å². The molecule has 76 valence electrons. The van der Waals surface area contributed by atoms with Gasteiger partial charge in [-0.25, -0.2) is 5.10 Å². The smallest absolute Gasteiger partial charge is 0.394 e. The average Bonchev–Trinajstić information content (AvgIpc) is 2.36. The highest BCUT2D eigenvalue weighted by molar-refractivity contribution is 7.79. The van der Waals surface area contributed by atoms with Crippen LogP contribution < -0.4 is 4.74 Å². The second-order valence-electron chi connectivity index (χ2n) is 1.80. The zero-order chi connectivity index (χ0) is 10.3. The van der Waals surface area contributed by atoms with Gasteiger partial charge in [-0.1, -0.05) is 0 Å². The summed E-state index contributed by atoms with van der Waals surface area (Å²) in [5.74, 6) is 0.729. The summed E-state index contributed by atoms with van der Waals surface area (Å²) >= 11 is 0. The molecule has 0 amide bonds. The van der Waals surface area contributed by atoms with E-state index in [0.29, 0.717) is 6.61 Å². The van der Waals surface area contributed by atoms with Crippen LogP contribution in [0, 0.1) is 0 Å². The van der Waals surface area contributed by atoms with Gasteiger partial charge in [0, 0.05) is 6.07 Å². The molecule has 0 unspecified atom stereocenters. The number of aromatic amines is 1. The van der Waals surface area contributed by atoms with Crippen molar-refractivity contribution in [3.63, 3.8) is 0 Å². The van der Waals surface area contributed by atoms with E-state index in [2.05, 4.69) is 10.2 Å². The highest BCUT2D eigenvalue weighted by atomic mass is 32.3. The monoisotopic (exact) mass is 210 g/mol. The van der Waals surface area contributed by atoms with Gasteiger partial charge in [-0.15, -0.1) is 0 Å². The van der Waals surface area contributed by atoms with Crippen LogP contribution in [0.15, 0.2) is 12.3 Å². The van der Waals surface area contributed by atoms with E-state index in [-0.39, 0.29) is 0 Å². The molecule has 8 heteroatoms. The second-order valence-corrected chi connectivity index (χ2v) is 2.70.